The number of nitrogens with zero attached hydrogens (tertiary/aromatic N) is 4. The van der Waals surface area contributed by atoms with Crippen molar-refractivity contribution in [3.63, 3.8) is 0 Å². The molecule has 12 heteroatoms. The zero-order chi connectivity index (χ0) is 29.0. The first kappa shape index (κ1) is 27.4. The molecule has 2 N–H and O–H groups in total. The van der Waals surface area contributed by atoms with Crippen molar-refractivity contribution < 1.29 is 28.5 Å². The second-order valence-corrected chi connectivity index (χ2v) is 12.0. The van der Waals surface area contributed by atoms with Crippen LogP contribution in [0.5, 0.6) is 11.5 Å². The SMILES string of the molecule is CC(C)(C)OC(=O)N(Cc1cc2c(cn1)OCCO2)C1(CC2(O)Cn3c(=O)ccc4ncc(F)c2c43)CCNCC1. The first-order chi connectivity index (χ1) is 19.5. The van der Waals surface area contributed by atoms with E-state index in [0.717, 1.165) is 6.20 Å². The van der Waals surface area contributed by atoms with Gasteiger partial charge in [0.15, 0.2) is 11.5 Å². The molecule has 3 aliphatic rings. The number of rotatable bonds is 5. The highest BCUT2D eigenvalue weighted by atomic mass is 19.1. The maximum atomic E-state index is 15.5. The first-order valence-corrected chi connectivity index (χ1v) is 13.8. The smallest absolute Gasteiger partial charge is 0.411 e. The van der Waals surface area contributed by atoms with E-state index in [0.29, 0.717) is 61.9 Å². The summed E-state index contributed by atoms with van der Waals surface area (Å²) in [7, 11) is 0. The largest absolute Gasteiger partial charge is 0.486 e. The zero-order valence-electron chi connectivity index (χ0n) is 23.4. The quantitative estimate of drug-likeness (QED) is 0.478. The van der Waals surface area contributed by atoms with Crippen molar-refractivity contribution in [2.45, 2.75) is 69.9 Å². The minimum absolute atomic E-state index is 0.0252. The monoisotopic (exact) mass is 567 g/mol. The fourth-order valence-corrected chi connectivity index (χ4v) is 6.28. The molecule has 6 heterocycles. The van der Waals surface area contributed by atoms with E-state index in [-0.39, 0.29) is 36.1 Å². The van der Waals surface area contributed by atoms with Crippen LogP contribution in [0.1, 0.15) is 51.3 Å². The van der Waals surface area contributed by atoms with E-state index in [1.165, 1.54) is 16.7 Å². The van der Waals surface area contributed by atoms with Gasteiger partial charge in [-0.2, -0.15) is 0 Å². The number of carbonyl (C=O) groups is 1. The third-order valence-electron chi connectivity index (χ3n) is 7.99. The van der Waals surface area contributed by atoms with E-state index in [4.69, 9.17) is 14.2 Å². The Hall–Kier alpha value is -3.77. The number of aromatic nitrogens is 3. The van der Waals surface area contributed by atoms with Gasteiger partial charge in [-0.15, -0.1) is 0 Å². The van der Waals surface area contributed by atoms with Crippen LogP contribution >= 0.6 is 0 Å². The molecule has 0 saturated carbocycles. The molecule has 11 nitrogen and oxygen atoms in total. The predicted octanol–water partition coefficient (Wildman–Crippen LogP) is 2.85. The van der Waals surface area contributed by atoms with Crippen LogP contribution in [0.15, 0.2) is 35.4 Å². The van der Waals surface area contributed by atoms with Crippen molar-refractivity contribution >= 4 is 17.1 Å². The van der Waals surface area contributed by atoms with Crippen LogP contribution in [-0.2, 0) is 23.4 Å². The van der Waals surface area contributed by atoms with Crippen LogP contribution in [0, 0.1) is 5.82 Å². The van der Waals surface area contributed by atoms with Crippen molar-refractivity contribution in [3.8, 4) is 11.5 Å². The van der Waals surface area contributed by atoms with Crippen molar-refractivity contribution in [3.05, 3.63) is 58.0 Å². The number of amides is 1. The van der Waals surface area contributed by atoms with Gasteiger partial charge < -0.3 is 29.2 Å². The van der Waals surface area contributed by atoms with Crippen LogP contribution in [0.2, 0.25) is 0 Å². The van der Waals surface area contributed by atoms with Gasteiger partial charge in [-0.25, -0.2) is 9.18 Å². The summed E-state index contributed by atoms with van der Waals surface area (Å²) in [6, 6.07) is 4.64. The van der Waals surface area contributed by atoms with Gasteiger partial charge in [0.25, 0.3) is 5.56 Å². The summed E-state index contributed by atoms with van der Waals surface area (Å²) in [5, 5.41) is 15.6. The van der Waals surface area contributed by atoms with Crippen LogP contribution in [0.4, 0.5) is 9.18 Å². The number of piperidine rings is 1. The molecule has 1 atom stereocenters. The molecule has 0 bridgehead atoms. The molecule has 41 heavy (non-hydrogen) atoms. The molecule has 0 aromatic carbocycles. The number of halogens is 1. The van der Waals surface area contributed by atoms with Crippen molar-refractivity contribution in [2.75, 3.05) is 26.3 Å². The number of carbonyl (C=O) groups excluding carboxylic acids is 1. The molecule has 3 aromatic heterocycles. The summed E-state index contributed by atoms with van der Waals surface area (Å²) >= 11 is 0. The molecule has 3 aliphatic heterocycles. The number of hydrogen-bond donors (Lipinski definition) is 2. The lowest BCUT2D eigenvalue weighted by Gasteiger charge is -2.49. The van der Waals surface area contributed by atoms with Gasteiger partial charge in [-0.1, -0.05) is 0 Å². The Morgan fingerprint density at radius 2 is 1.90 bits per heavy atom. The van der Waals surface area contributed by atoms with E-state index in [9.17, 15) is 14.7 Å². The Balaban J connectivity index is 1.44. The summed E-state index contributed by atoms with van der Waals surface area (Å²) in [6.07, 6.45) is 2.96. The molecular formula is C29H34FN5O6. The van der Waals surface area contributed by atoms with E-state index in [1.807, 2.05) is 0 Å². The maximum absolute atomic E-state index is 15.5. The Morgan fingerprint density at radius 1 is 1.17 bits per heavy atom. The highest BCUT2D eigenvalue weighted by Crippen LogP contribution is 2.46. The lowest BCUT2D eigenvalue weighted by atomic mass is 9.74. The summed E-state index contributed by atoms with van der Waals surface area (Å²) in [5.74, 6) is 0.370. The van der Waals surface area contributed by atoms with Gasteiger partial charge in [0.1, 0.15) is 30.2 Å². The Bertz CT molecular complexity index is 1560. The molecule has 1 fully saturated rings. The highest BCUT2D eigenvalue weighted by Gasteiger charge is 2.52. The summed E-state index contributed by atoms with van der Waals surface area (Å²) < 4.78 is 34.1. The number of hydrogen-bond acceptors (Lipinski definition) is 9. The number of ether oxygens (including phenoxy) is 3. The van der Waals surface area contributed by atoms with Gasteiger partial charge in [-0.05, 0) is 52.8 Å². The molecule has 0 aliphatic carbocycles. The topological polar surface area (TPSA) is 128 Å². The molecule has 1 amide bonds. The summed E-state index contributed by atoms with van der Waals surface area (Å²) in [6.45, 7) is 7.23. The maximum Gasteiger partial charge on any atom is 0.411 e. The average Bonchev–Trinajstić information content (AvgIpc) is 3.24. The molecule has 3 aromatic rings. The minimum atomic E-state index is -1.78. The van der Waals surface area contributed by atoms with E-state index >= 15 is 4.39 Å². The van der Waals surface area contributed by atoms with Gasteiger partial charge >= 0.3 is 6.09 Å². The molecular weight excluding hydrogens is 533 g/mol. The molecule has 0 spiro atoms. The fraction of sp³-hybridized carbons (Fsp3) is 0.517. The van der Waals surface area contributed by atoms with Gasteiger partial charge in [0.2, 0.25) is 0 Å². The van der Waals surface area contributed by atoms with Crippen LogP contribution in [0.25, 0.3) is 11.0 Å². The van der Waals surface area contributed by atoms with Gasteiger partial charge in [0, 0.05) is 24.1 Å². The van der Waals surface area contributed by atoms with Crippen LogP contribution in [0.3, 0.4) is 0 Å². The second kappa shape index (κ2) is 9.95. The lowest BCUT2D eigenvalue weighted by Crippen LogP contribution is -2.60. The lowest BCUT2D eigenvalue weighted by molar-refractivity contribution is -0.0676. The third-order valence-corrected chi connectivity index (χ3v) is 7.99. The molecule has 1 unspecified atom stereocenters. The van der Waals surface area contributed by atoms with Crippen molar-refractivity contribution in [2.24, 2.45) is 0 Å². The minimum Gasteiger partial charge on any atom is -0.486 e. The molecule has 1 saturated heterocycles. The van der Waals surface area contributed by atoms with Crippen LogP contribution < -0.4 is 20.3 Å². The number of fused-ring (bicyclic) bond motifs is 1. The normalized spacial score (nSPS) is 21.1. The third kappa shape index (κ3) is 4.99. The van der Waals surface area contributed by atoms with Crippen LogP contribution in [-0.4, -0.2) is 68.1 Å². The zero-order valence-corrected chi connectivity index (χ0v) is 23.4. The number of pyridine rings is 3. The fourth-order valence-electron chi connectivity index (χ4n) is 6.28. The van der Waals surface area contributed by atoms with Gasteiger partial charge in [-0.3, -0.25) is 19.7 Å². The van der Waals surface area contributed by atoms with E-state index in [1.54, 1.807) is 37.9 Å². The Morgan fingerprint density at radius 3 is 2.63 bits per heavy atom. The molecule has 218 valence electrons. The predicted molar refractivity (Wildman–Crippen MR) is 146 cm³/mol. The molecule has 0 radical (unpaired) electrons. The second-order valence-electron chi connectivity index (χ2n) is 12.0. The average molecular weight is 568 g/mol. The molecule has 6 rings (SSSR count). The first-order valence-electron chi connectivity index (χ1n) is 13.8. The highest BCUT2D eigenvalue weighted by molar-refractivity contribution is 5.81. The number of nitrogens with one attached hydrogen (secondary N) is 1. The Labute approximate surface area is 236 Å². The standard InChI is InChI=1S/C29H34FN5O6/c1-27(2,3)41-26(37)35(15-18-12-21-22(14-32-18)40-11-10-39-21)28(6-8-31-9-7-28)16-29(38)17-34-23(36)5-4-20-25(34)24(29)19(30)13-33-20/h4-5,12-14,31,38H,6-11,15-17H2,1-3H3. The Kier molecular flexibility index (Phi) is 6.65. The summed E-state index contributed by atoms with van der Waals surface area (Å²) in [5.41, 5.74) is -2.62. The summed E-state index contributed by atoms with van der Waals surface area (Å²) in [4.78, 5) is 37.0. The van der Waals surface area contributed by atoms with E-state index < -0.39 is 28.7 Å². The van der Waals surface area contributed by atoms with Gasteiger partial charge in [0.05, 0.1) is 47.7 Å². The number of aliphatic hydroxyl groups is 1. The van der Waals surface area contributed by atoms with Crippen molar-refractivity contribution in [1.29, 1.82) is 0 Å². The van der Waals surface area contributed by atoms with Crippen molar-refractivity contribution in [1.82, 2.24) is 24.8 Å². The van der Waals surface area contributed by atoms with E-state index in [2.05, 4.69) is 15.3 Å².